The molecule has 7 nitrogen and oxygen atoms in total. The van der Waals surface area contributed by atoms with Crippen LogP contribution in [0.15, 0.2) is 64.8 Å². The number of pyridine rings is 1. The second-order valence-electron chi connectivity index (χ2n) is 7.18. The molecule has 0 aliphatic rings. The molecule has 1 aromatic carbocycles. The van der Waals surface area contributed by atoms with E-state index in [4.69, 9.17) is 4.52 Å². The summed E-state index contributed by atoms with van der Waals surface area (Å²) < 4.78 is 5.45. The highest BCUT2D eigenvalue weighted by atomic mass is 32.1. The largest absolute Gasteiger partial charge is 0.339 e. The van der Waals surface area contributed by atoms with E-state index in [1.165, 1.54) is 11.3 Å². The lowest BCUT2D eigenvalue weighted by Gasteiger charge is -2.17. The van der Waals surface area contributed by atoms with Crippen molar-refractivity contribution in [1.29, 1.82) is 0 Å². The van der Waals surface area contributed by atoms with Crippen LogP contribution in [0, 0.1) is 5.92 Å². The molecule has 1 amide bonds. The van der Waals surface area contributed by atoms with Crippen LogP contribution in [-0.4, -0.2) is 26.0 Å². The number of rotatable bonds is 7. The number of nitrogens with zero attached hydrogens (tertiary/aromatic N) is 4. The summed E-state index contributed by atoms with van der Waals surface area (Å²) in [6.45, 7) is 3.98. The van der Waals surface area contributed by atoms with Crippen molar-refractivity contribution in [2.24, 2.45) is 5.92 Å². The maximum atomic E-state index is 12.8. The van der Waals surface area contributed by atoms with E-state index in [1.807, 2.05) is 44.2 Å². The van der Waals surface area contributed by atoms with Crippen molar-refractivity contribution in [3.8, 4) is 11.4 Å². The Kier molecular flexibility index (Phi) is 5.94. The molecule has 3 heterocycles. The topological polar surface area (TPSA) is 93.8 Å². The van der Waals surface area contributed by atoms with Crippen LogP contribution in [0.25, 0.3) is 11.4 Å². The second kappa shape index (κ2) is 8.96. The number of hydrogen-bond donors (Lipinski definition) is 1. The molecule has 0 fully saturated rings. The van der Waals surface area contributed by atoms with E-state index in [-0.39, 0.29) is 11.8 Å². The fourth-order valence-electron chi connectivity index (χ4n) is 2.98. The molecule has 4 aromatic rings. The zero-order valence-corrected chi connectivity index (χ0v) is 17.5. The van der Waals surface area contributed by atoms with E-state index in [1.54, 1.807) is 29.9 Å². The molecular formula is C22H21N5O2S. The minimum atomic E-state index is -0.417. The molecule has 152 valence electrons. The van der Waals surface area contributed by atoms with E-state index in [9.17, 15) is 4.79 Å². The van der Waals surface area contributed by atoms with E-state index >= 15 is 0 Å². The van der Waals surface area contributed by atoms with Gasteiger partial charge in [-0.1, -0.05) is 49.3 Å². The van der Waals surface area contributed by atoms with Gasteiger partial charge in [-0.3, -0.25) is 9.78 Å². The maximum absolute atomic E-state index is 12.8. The summed E-state index contributed by atoms with van der Waals surface area (Å²) >= 11 is 1.48. The average molecular weight is 420 g/mol. The summed E-state index contributed by atoms with van der Waals surface area (Å²) in [4.78, 5) is 25.8. The molecule has 0 aliphatic heterocycles. The number of amides is 1. The first kappa shape index (κ1) is 19.9. The lowest BCUT2D eigenvalue weighted by atomic mass is 10.0. The Morgan fingerprint density at radius 3 is 2.60 bits per heavy atom. The number of carbonyl (C=O) groups excluding carboxylic acids is 1. The summed E-state index contributed by atoms with van der Waals surface area (Å²) in [5, 5.41) is 9.70. The van der Waals surface area contributed by atoms with Crippen LogP contribution in [0.2, 0.25) is 0 Å². The van der Waals surface area contributed by atoms with Gasteiger partial charge in [-0.05, 0) is 23.6 Å². The Hall–Kier alpha value is -3.39. The molecule has 0 aliphatic carbocycles. The van der Waals surface area contributed by atoms with Gasteiger partial charge >= 0.3 is 0 Å². The van der Waals surface area contributed by atoms with Crippen molar-refractivity contribution in [2.45, 2.75) is 26.3 Å². The molecule has 1 unspecified atom stereocenters. The van der Waals surface area contributed by atoms with Crippen LogP contribution in [0.3, 0.4) is 0 Å². The molecule has 8 heteroatoms. The van der Waals surface area contributed by atoms with Crippen LogP contribution in [-0.2, 0) is 6.42 Å². The molecule has 0 bridgehead atoms. The Morgan fingerprint density at radius 1 is 1.10 bits per heavy atom. The van der Waals surface area contributed by atoms with Crippen molar-refractivity contribution >= 4 is 17.2 Å². The highest BCUT2D eigenvalue weighted by Crippen LogP contribution is 2.24. The lowest BCUT2D eigenvalue weighted by Crippen LogP contribution is -2.32. The van der Waals surface area contributed by atoms with Crippen LogP contribution in [0.1, 0.15) is 46.8 Å². The van der Waals surface area contributed by atoms with Gasteiger partial charge in [0.25, 0.3) is 5.91 Å². The van der Waals surface area contributed by atoms with Crippen molar-refractivity contribution in [1.82, 2.24) is 25.4 Å². The van der Waals surface area contributed by atoms with Gasteiger partial charge in [0.05, 0.1) is 5.01 Å². The van der Waals surface area contributed by atoms with Gasteiger partial charge < -0.3 is 9.84 Å². The van der Waals surface area contributed by atoms with Crippen molar-refractivity contribution in [3.05, 3.63) is 82.4 Å². The van der Waals surface area contributed by atoms with Crippen molar-refractivity contribution in [3.63, 3.8) is 0 Å². The predicted octanol–water partition coefficient (Wildman–Crippen LogP) is 4.31. The normalized spacial score (nSPS) is 12.1. The summed E-state index contributed by atoms with van der Waals surface area (Å²) in [7, 11) is 0. The number of hydrogen-bond acceptors (Lipinski definition) is 7. The zero-order valence-electron chi connectivity index (χ0n) is 16.6. The third-order valence-electron chi connectivity index (χ3n) is 4.58. The summed E-state index contributed by atoms with van der Waals surface area (Å²) in [6, 6.07) is 13.3. The Labute approximate surface area is 178 Å². The summed E-state index contributed by atoms with van der Waals surface area (Å²) in [6.07, 6.45) is 4.04. The van der Waals surface area contributed by atoms with Gasteiger partial charge in [0, 0.05) is 29.8 Å². The summed E-state index contributed by atoms with van der Waals surface area (Å²) in [5.74, 6) is 0.631. The Morgan fingerprint density at radius 2 is 1.87 bits per heavy atom. The lowest BCUT2D eigenvalue weighted by molar-refractivity contribution is 0.0909. The van der Waals surface area contributed by atoms with Crippen LogP contribution >= 0.6 is 11.3 Å². The van der Waals surface area contributed by atoms with E-state index in [2.05, 4.69) is 25.4 Å². The first-order chi connectivity index (χ1) is 14.6. The number of aromatic nitrogens is 4. The first-order valence-corrected chi connectivity index (χ1v) is 10.5. The van der Waals surface area contributed by atoms with E-state index in [0.29, 0.717) is 23.8 Å². The molecule has 1 atom stereocenters. The molecular weight excluding hydrogens is 398 g/mol. The molecule has 0 saturated carbocycles. The van der Waals surface area contributed by atoms with Gasteiger partial charge in [0.2, 0.25) is 11.7 Å². The maximum Gasteiger partial charge on any atom is 0.271 e. The number of benzene rings is 1. The third-order valence-corrected chi connectivity index (χ3v) is 5.43. The van der Waals surface area contributed by atoms with Gasteiger partial charge in [-0.2, -0.15) is 4.98 Å². The quantitative estimate of drug-likeness (QED) is 0.480. The van der Waals surface area contributed by atoms with E-state index in [0.717, 1.165) is 16.1 Å². The minimum Gasteiger partial charge on any atom is -0.339 e. The third kappa shape index (κ3) is 4.60. The molecule has 0 radical (unpaired) electrons. The fourth-order valence-corrected chi connectivity index (χ4v) is 3.78. The van der Waals surface area contributed by atoms with Crippen molar-refractivity contribution in [2.75, 3.05) is 0 Å². The fraction of sp³-hybridized carbons (Fsp3) is 0.227. The molecule has 0 saturated heterocycles. The van der Waals surface area contributed by atoms with Gasteiger partial charge in [0.15, 0.2) is 0 Å². The first-order valence-electron chi connectivity index (χ1n) is 9.63. The molecule has 30 heavy (non-hydrogen) atoms. The Balaban J connectivity index is 1.47. The number of nitrogens with one attached hydrogen (secondary N) is 1. The van der Waals surface area contributed by atoms with Gasteiger partial charge in [0.1, 0.15) is 11.7 Å². The second-order valence-corrected chi connectivity index (χ2v) is 8.12. The van der Waals surface area contributed by atoms with Gasteiger partial charge in [-0.25, -0.2) is 4.98 Å². The zero-order chi connectivity index (χ0) is 20.9. The van der Waals surface area contributed by atoms with Crippen LogP contribution < -0.4 is 5.32 Å². The predicted molar refractivity (Wildman–Crippen MR) is 114 cm³/mol. The van der Waals surface area contributed by atoms with Crippen LogP contribution in [0.5, 0.6) is 0 Å². The highest BCUT2D eigenvalue weighted by molar-refractivity contribution is 7.09. The number of thiazole rings is 1. The highest BCUT2D eigenvalue weighted by Gasteiger charge is 2.26. The molecule has 4 rings (SSSR count). The van der Waals surface area contributed by atoms with E-state index < -0.39 is 6.04 Å². The van der Waals surface area contributed by atoms with Crippen LogP contribution in [0.4, 0.5) is 0 Å². The summed E-state index contributed by atoms with van der Waals surface area (Å²) in [5.41, 5.74) is 2.36. The number of carbonyl (C=O) groups is 1. The molecule has 1 N–H and O–H groups in total. The van der Waals surface area contributed by atoms with Crippen molar-refractivity contribution < 1.29 is 9.32 Å². The average Bonchev–Trinajstić information content (AvgIpc) is 3.43. The van der Waals surface area contributed by atoms with Gasteiger partial charge in [-0.15, -0.1) is 11.3 Å². The standard InChI is InChI=1S/C22H21N5O2S/c1-14(2)19(22-26-20(27-29-22)16-8-10-23-11-9-16)25-21(28)17-13-30-18(24-17)12-15-6-4-3-5-7-15/h3-11,13-14,19H,12H2,1-2H3,(H,25,28). The Bertz CT molecular complexity index is 1110. The SMILES string of the molecule is CC(C)C(NC(=O)c1csc(Cc2ccccc2)n1)c1nc(-c2ccncc2)no1. The minimum absolute atomic E-state index is 0.0575. The monoisotopic (exact) mass is 419 g/mol. The molecule has 3 aromatic heterocycles. The smallest absolute Gasteiger partial charge is 0.271 e. The molecule has 0 spiro atoms.